The molecule has 0 amide bonds. The molecule has 1 aromatic carbocycles. The first-order valence-electron chi connectivity index (χ1n) is 7.18. The van der Waals surface area contributed by atoms with Crippen molar-refractivity contribution in [3.8, 4) is 0 Å². The molecule has 0 heterocycles. The number of hydrogen-bond donors (Lipinski definition) is 0. The van der Waals surface area contributed by atoms with Gasteiger partial charge >= 0.3 is 0 Å². The van der Waals surface area contributed by atoms with Gasteiger partial charge in [-0.3, -0.25) is 0 Å². The van der Waals surface area contributed by atoms with Gasteiger partial charge in [0.1, 0.15) is 0 Å². The van der Waals surface area contributed by atoms with Crippen LogP contribution in [-0.2, 0) is 0 Å². The fourth-order valence-corrected chi connectivity index (χ4v) is 2.33. The molecule has 0 saturated carbocycles. The van der Waals surface area contributed by atoms with E-state index in [4.69, 9.17) is 0 Å². The predicted octanol–water partition coefficient (Wildman–Crippen LogP) is 6.29. The summed E-state index contributed by atoms with van der Waals surface area (Å²) in [5.41, 5.74) is 6.43. The molecule has 0 heteroatoms. The molecule has 0 radical (unpaired) electrons. The average Bonchev–Trinajstić information content (AvgIpc) is 2.81. The van der Waals surface area contributed by atoms with Gasteiger partial charge in [-0.2, -0.15) is 0 Å². The molecule has 0 atom stereocenters. The number of aryl methyl sites for hydroxylation is 1. The zero-order valence-corrected chi connectivity index (χ0v) is 13.1. The first kappa shape index (κ1) is 16.7. The second kappa shape index (κ2) is 8.76. The molecule has 0 nitrogen and oxygen atoms in total. The largest absolute Gasteiger partial charge is 0.106 e. The van der Waals surface area contributed by atoms with Crippen LogP contribution < -0.4 is 0 Å². The van der Waals surface area contributed by atoms with E-state index in [0.29, 0.717) is 0 Å². The van der Waals surface area contributed by atoms with Gasteiger partial charge in [-0.25, -0.2) is 0 Å². The lowest BCUT2D eigenvalue weighted by Gasteiger charge is -2.12. The van der Waals surface area contributed by atoms with E-state index in [1.165, 1.54) is 27.8 Å². The monoisotopic (exact) mass is 276 g/mol. The lowest BCUT2D eigenvalue weighted by atomic mass is 9.93. The van der Waals surface area contributed by atoms with Crippen LogP contribution in [0.4, 0.5) is 0 Å². The Morgan fingerprint density at radius 3 is 2.57 bits per heavy atom. The minimum Gasteiger partial charge on any atom is -0.106 e. The maximum atomic E-state index is 3.88. The highest BCUT2D eigenvalue weighted by Gasteiger charge is 2.07. The summed E-state index contributed by atoms with van der Waals surface area (Å²) in [4.78, 5) is 0. The molecule has 0 unspecified atom stereocenters. The molecular formula is C21H24. The van der Waals surface area contributed by atoms with Gasteiger partial charge in [-0.15, -0.1) is 13.2 Å². The van der Waals surface area contributed by atoms with Gasteiger partial charge in [0.05, 0.1) is 0 Å². The van der Waals surface area contributed by atoms with E-state index < -0.39 is 0 Å². The first-order chi connectivity index (χ1) is 10.3. The molecule has 0 aromatic heterocycles. The van der Waals surface area contributed by atoms with Crippen molar-refractivity contribution in [2.24, 2.45) is 0 Å². The molecule has 0 aliphatic heterocycles. The molecular weight excluding hydrogens is 252 g/mol. The molecule has 0 bridgehead atoms. The van der Waals surface area contributed by atoms with Crippen LogP contribution in [0.25, 0.3) is 11.1 Å². The van der Waals surface area contributed by atoms with Crippen LogP contribution in [0.15, 0.2) is 80.5 Å². The Morgan fingerprint density at radius 1 is 1.14 bits per heavy atom. The summed E-state index contributed by atoms with van der Waals surface area (Å²) in [5, 5.41) is 0. The van der Waals surface area contributed by atoms with Gasteiger partial charge in [0.2, 0.25) is 0 Å². The highest BCUT2D eigenvalue weighted by molar-refractivity contribution is 5.78. The third-order valence-corrected chi connectivity index (χ3v) is 3.44. The van der Waals surface area contributed by atoms with Crippen molar-refractivity contribution < 1.29 is 0 Å². The first-order valence-corrected chi connectivity index (χ1v) is 7.18. The maximum Gasteiger partial charge on any atom is -0.00883 e. The van der Waals surface area contributed by atoms with Crippen LogP contribution in [0.2, 0.25) is 0 Å². The molecule has 0 N–H and O–H groups in total. The molecule has 1 aliphatic rings. The number of rotatable bonds is 3. The van der Waals surface area contributed by atoms with Crippen molar-refractivity contribution in [2.45, 2.75) is 20.3 Å². The average molecular weight is 276 g/mol. The summed E-state index contributed by atoms with van der Waals surface area (Å²) in [6, 6.07) is 6.63. The minimum atomic E-state index is 0.983. The number of benzene rings is 1. The smallest absolute Gasteiger partial charge is 0.00883 e. The summed E-state index contributed by atoms with van der Waals surface area (Å²) in [7, 11) is 0. The molecule has 21 heavy (non-hydrogen) atoms. The van der Waals surface area contributed by atoms with Crippen molar-refractivity contribution in [1.82, 2.24) is 0 Å². The summed E-state index contributed by atoms with van der Waals surface area (Å²) < 4.78 is 0. The normalized spacial score (nSPS) is 13.8. The van der Waals surface area contributed by atoms with E-state index in [1.54, 1.807) is 0 Å². The van der Waals surface area contributed by atoms with Gasteiger partial charge in [0.15, 0.2) is 0 Å². The SMILES string of the molecule is C=C.C=C/C(=C\C)c1ccc(C)c(C2=CC=CC=CC2)c1. The second-order valence-electron chi connectivity index (χ2n) is 4.69. The van der Waals surface area contributed by atoms with Crippen LogP contribution in [0.3, 0.4) is 0 Å². The molecule has 108 valence electrons. The number of hydrogen-bond acceptors (Lipinski definition) is 0. The molecule has 2 rings (SSSR count). The molecule has 0 fully saturated rings. The Balaban J connectivity index is 0.00000106. The zero-order chi connectivity index (χ0) is 15.7. The van der Waals surface area contributed by atoms with Gasteiger partial charge in [0, 0.05) is 0 Å². The Morgan fingerprint density at radius 2 is 1.90 bits per heavy atom. The standard InChI is InChI=1S/C19H20.C2H4/c1-4-16(5-2)18-13-12-15(3)19(14-18)17-10-8-6-7-9-11-17;1-2/h4-10,12-14H,1,11H2,2-3H3;1-2H2/b16-5+;. The van der Waals surface area contributed by atoms with Crippen molar-refractivity contribution in [2.75, 3.05) is 0 Å². The summed E-state index contributed by atoms with van der Waals surface area (Å²) in [6.45, 7) is 14.1. The van der Waals surface area contributed by atoms with E-state index in [-0.39, 0.29) is 0 Å². The Labute approximate surface area is 129 Å². The third kappa shape index (κ3) is 4.32. The van der Waals surface area contributed by atoms with Crippen LogP contribution in [0, 0.1) is 6.92 Å². The minimum absolute atomic E-state index is 0.983. The fourth-order valence-electron chi connectivity index (χ4n) is 2.33. The Bertz CT molecular complexity index is 607. The zero-order valence-electron chi connectivity index (χ0n) is 13.1. The Hall–Kier alpha value is -2.34. The van der Waals surface area contributed by atoms with Crippen LogP contribution >= 0.6 is 0 Å². The van der Waals surface area contributed by atoms with Crippen molar-refractivity contribution >= 4 is 11.1 Å². The van der Waals surface area contributed by atoms with Crippen LogP contribution in [-0.4, -0.2) is 0 Å². The van der Waals surface area contributed by atoms with E-state index >= 15 is 0 Å². The molecule has 0 saturated heterocycles. The fraction of sp³-hybridized carbons (Fsp3) is 0.143. The molecule has 0 spiro atoms. The lowest BCUT2D eigenvalue weighted by molar-refractivity contribution is 1.33. The molecule has 1 aromatic rings. The highest BCUT2D eigenvalue weighted by Crippen LogP contribution is 2.27. The van der Waals surface area contributed by atoms with E-state index in [1.807, 2.05) is 13.0 Å². The third-order valence-electron chi connectivity index (χ3n) is 3.44. The van der Waals surface area contributed by atoms with Crippen molar-refractivity contribution in [3.05, 3.63) is 97.2 Å². The van der Waals surface area contributed by atoms with Crippen LogP contribution in [0.5, 0.6) is 0 Å². The quantitative estimate of drug-likeness (QED) is 0.450. The van der Waals surface area contributed by atoms with E-state index in [0.717, 1.165) is 6.42 Å². The van der Waals surface area contributed by atoms with E-state index in [2.05, 4.69) is 81.3 Å². The lowest BCUT2D eigenvalue weighted by Crippen LogP contribution is -1.91. The van der Waals surface area contributed by atoms with E-state index in [9.17, 15) is 0 Å². The summed E-state index contributed by atoms with van der Waals surface area (Å²) in [6.07, 6.45) is 15.7. The predicted molar refractivity (Wildman–Crippen MR) is 97.2 cm³/mol. The van der Waals surface area contributed by atoms with Gasteiger partial charge in [0.25, 0.3) is 0 Å². The molecule has 1 aliphatic carbocycles. The summed E-state index contributed by atoms with van der Waals surface area (Å²) in [5.74, 6) is 0. The van der Waals surface area contributed by atoms with Crippen LogP contribution in [0.1, 0.15) is 30.0 Å². The van der Waals surface area contributed by atoms with Crippen molar-refractivity contribution in [3.63, 3.8) is 0 Å². The highest BCUT2D eigenvalue weighted by atomic mass is 14.1. The van der Waals surface area contributed by atoms with Crippen molar-refractivity contribution in [1.29, 1.82) is 0 Å². The van der Waals surface area contributed by atoms with Gasteiger partial charge in [-0.1, -0.05) is 61.2 Å². The maximum absolute atomic E-state index is 3.88. The summed E-state index contributed by atoms with van der Waals surface area (Å²) >= 11 is 0. The number of allylic oxidation sites excluding steroid dienone is 9. The van der Waals surface area contributed by atoms with Gasteiger partial charge in [-0.05, 0) is 54.2 Å². The Kier molecular flexibility index (Phi) is 6.97. The topological polar surface area (TPSA) is 0 Å². The second-order valence-corrected chi connectivity index (χ2v) is 4.69. The van der Waals surface area contributed by atoms with Gasteiger partial charge < -0.3 is 0 Å².